The van der Waals surface area contributed by atoms with Gasteiger partial charge in [-0.3, -0.25) is 4.79 Å². The summed E-state index contributed by atoms with van der Waals surface area (Å²) in [4.78, 5) is 15.4. The zero-order valence-corrected chi connectivity index (χ0v) is 21.3. The number of amides is 1. The van der Waals surface area contributed by atoms with Crippen molar-refractivity contribution < 1.29 is 17.6 Å². The number of hydrogen-bond acceptors (Lipinski definition) is 4. The van der Waals surface area contributed by atoms with Crippen molar-refractivity contribution in [3.05, 3.63) is 88.9 Å². The van der Waals surface area contributed by atoms with E-state index < -0.39 is 10.0 Å². The second-order valence-electron chi connectivity index (χ2n) is 8.70. The van der Waals surface area contributed by atoms with E-state index in [0.29, 0.717) is 47.7 Å². The maximum absolute atomic E-state index is 13.7. The highest BCUT2D eigenvalue weighted by molar-refractivity contribution is 7.89. The molecule has 6 nitrogen and oxygen atoms in total. The lowest BCUT2D eigenvalue weighted by atomic mass is 10.1. The van der Waals surface area contributed by atoms with Crippen LogP contribution in [0, 0.1) is 20.8 Å². The zero-order valence-electron chi connectivity index (χ0n) is 20.5. The summed E-state index contributed by atoms with van der Waals surface area (Å²) >= 11 is 0. The molecule has 1 aromatic heterocycles. The molecular weight excluding hydrogens is 448 g/mol. The van der Waals surface area contributed by atoms with Crippen LogP contribution in [0.25, 0.3) is 0 Å². The summed E-state index contributed by atoms with van der Waals surface area (Å²) in [5, 5.41) is 0. The molecule has 0 bridgehead atoms. The van der Waals surface area contributed by atoms with Crippen molar-refractivity contribution in [2.75, 3.05) is 19.6 Å². The molecule has 0 radical (unpaired) electrons. The number of rotatable bonds is 11. The summed E-state index contributed by atoms with van der Waals surface area (Å²) in [6.45, 7) is 8.30. The fourth-order valence-corrected chi connectivity index (χ4v) is 6.17. The van der Waals surface area contributed by atoms with Gasteiger partial charge in [0.05, 0.1) is 24.2 Å². The van der Waals surface area contributed by atoms with Gasteiger partial charge < -0.3 is 9.32 Å². The van der Waals surface area contributed by atoms with E-state index in [2.05, 4.69) is 0 Å². The van der Waals surface area contributed by atoms with Gasteiger partial charge in [-0.15, -0.1) is 0 Å². The minimum Gasteiger partial charge on any atom is -0.467 e. The molecule has 0 spiro atoms. The Hall–Kier alpha value is -2.90. The van der Waals surface area contributed by atoms with E-state index in [9.17, 15) is 13.2 Å². The number of furan rings is 1. The summed E-state index contributed by atoms with van der Waals surface area (Å²) in [7, 11) is -3.84. The Balaban J connectivity index is 1.85. The van der Waals surface area contributed by atoms with Crippen molar-refractivity contribution in [1.29, 1.82) is 0 Å². The maximum atomic E-state index is 13.7. The lowest BCUT2D eigenvalue weighted by molar-refractivity contribution is -0.132. The van der Waals surface area contributed by atoms with E-state index >= 15 is 0 Å². The molecule has 0 atom stereocenters. The van der Waals surface area contributed by atoms with Gasteiger partial charge in [0.25, 0.3) is 0 Å². The number of carbonyl (C=O) groups excluding carboxylic acids is 1. The van der Waals surface area contributed by atoms with Gasteiger partial charge in [0, 0.05) is 13.1 Å². The first-order valence-corrected chi connectivity index (χ1v) is 13.1. The van der Waals surface area contributed by atoms with Gasteiger partial charge in [0.1, 0.15) is 5.76 Å². The molecule has 34 heavy (non-hydrogen) atoms. The molecule has 0 aliphatic rings. The molecule has 2 aromatic carbocycles. The summed E-state index contributed by atoms with van der Waals surface area (Å²) < 4.78 is 34.1. The number of sulfonamides is 1. The van der Waals surface area contributed by atoms with Gasteiger partial charge in [-0.05, 0) is 62.4 Å². The van der Waals surface area contributed by atoms with Gasteiger partial charge in [-0.2, -0.15) is 4.31 Å². The first kappa shape index (κ1) is 25.7. The average molecular weight is 483 g/mol. The van der Waals surface area contributed by atoms with Crippen LogP contribution in [0.3, 0.4) is 0 Å². The zero-order chi connectivity index (χ0) is 24.7. The molecule has 7 heteroatoms. The second-order valence-corrected chi connectivity index (χ2v) is 10.6. The molecule has 0 unspecified atom stereocenters. The van der Waals surface area contributed by atoms with E-state index in [0.717, 1.165) is 11.1 Å². The molecule has 3 rings (SSSR count). The Morgan fingerprint density at radius 2 is 1.62 bits per heavy atom. The summed E-state index contributed by atoms with van der Waals surface area (Å²) in [5.41, 5.74) is 3.52. The molecule has 0 aliphatic carbocycles. The highest BCUT2D eigenvalue weighted by Crippen LogP contribution is 2.25. The summed E-state index contributed by atoms with van der Waals surface area (Å²) in [6.07, 6.45) is 2.86. The standard InChI is InChI=1S/C27H34N2O4S/c1-5-14-29(34(31,32)27-22(3)17-21(2)18-23(27)4)20-26(30)28(19-25-12-9-16-33-25)15-13-24-10-7-6-8-11-24/h6-12,16-18H,5,13-15,19-20H2,1-4H3. The number of nitrogens with zero attached hydrogens (tertiary/aromatic N) is 2. The Kier molecular flexibility index (Phi) is 8.69. The van der Waals surface area contributed by atoms with Crippen LogP contribution in [-0.2, 0) is 27.8 Å². The number of benzene rings is 2. The molecule has 182 valence electrons. The molecule has 1 heterocycles. The van der Waals surface area contributed by atoms with Gasteiger partial charge in [0.15, 0.2) is 0 Å². The molecule has 0 saturated heterocycles. The van der Waals surface area contributed by atoms with Crippen LogP contribution in [0.15, 0.2) is 70.2 Å². The SMILES string of the molecule is CCCN(CC(=O)N(CCc1ccccc1)Cc1ccco1)S(=O)(=O)c1c(C)cc(C)cc1C. The number of hydrogen-bond donors (Lipinski definition) is 0. The van der Waals surface area contributed by atoms with E-state index in [1.807, 2.05) is 76.2 Å². The Bertz CT molecular complexity index is 1170. The molecule has 0 aliphatic heterocycles. The fraction of sp³-hybridized carbons (Fsp3) is 0.370. The first-order valence-electron chi connectivity index (χ1n) is 11.6. The van der Waals surface area contributed by atoms with Gasteiger partial charge in [-0.25, -0.2) is 8.42 Å². The van der Waals surface area contributed by atoms with Gasteiger partial charge in [0.2, 0.25) is 15.9 Å². The van der Waals surface area contributed by atoms with E-state index in [4.69, 9.17) is 4.42 Å². The normalized spacial score (nSPS) is 11.7. The van der Waals surface area contributed by atoms with Crippen molar-refractivity contribution in [3.8, 4) is 0 Å². The predicted molar refractivity (Wildman–Crippen MR) is 134 cm³/mol. The highest BCUT2D eigenvalue weighted by atomic mass is 32.2. The molecule has 3 aromatic rings. The van der Waals surface area contributed by atoms with Crippen LogP contribution in [0.5, 0.6) is 0 Å². The van der Waals surface area contributed by atoms with E-state index in [-0.39, 0.29) is 19.0 Å². The van der Waals surface area contributed by atoms with Crippen molar-refractivity contribution in [3.63, 3.8) is 0 Å². The number of aryl methyl sites for hydroxylation is 3. The maximum Gasteiger partial charge on any atom is 0.244 e. The van der Waals surface area contributed by atoms with Crippen LogP contribution in [0.4, 0.5) is 0 Å². The molecule has 0 saturated carbocycles. The van der Waals surface area contributed by atoms with Crippen LogP contribution in [0.2, 0.25) is 0 Å². The molecule has 0 N–H and O–H groups in total. The van der Waals surface area contributed by atoms with Crippen LogP contribution in [0.1, 0.15) is 41.4 Å². The second kappa shape index (κ2) is 11.5. The van der Waals surface area contributed by atoms with E-state index in [1.165, 1.54) is 4.31 Å². The van der Waals surface area contributed by atoms with Gasteiger partial charge in [-0.1, -0.05) is 55.0 Å². The monoisotopic (exact) mass is 482 g/mol. The van der Waals surface area contributed by atoms with Gasteiger partial charge >= 0.3 is 0 Å². The molecule has 1 amide bonds. The van der Waals surface area contributed by atoms with E-state index in [1.54, 1.807) is 17.2 Å². The lowest BCUT2D eigenvalue weighted by Crippen LogP contribution is -2.43. The van der Waals surface area contributed by atoms with Crippen molar-refractivity contribution in [2.45, 2.75) is 52.0 Å². The van der Waals surface area contributed by atoms with Crippen molar-refractivity contribution in [1.82, 2.24) is 9.21 Å². The predicted octanol–water partition coefficient (Wildman–Crippen LogP) is 4.88. The lowest BCUT2D eigenvalue weighted by Gasteiger charge is -2.27. The Morgan fingerprint density at radius 1 is 0.941 bits per heavy atom. The van der Waals surface area contributed by atoms with Crippen molar-refractivity contribution >= 4 is 15.9 Å². The largest absolute Gasteiger partial charge is 0.467 e. The van der Waals surface area contributed by atoms with Crippen molar-refractivity contribution in [2.24, 2.45) is 0 Å². The first-order chi connectivity index (χ1) is 16.2. The minimum atomic E-state index is -3.84. The third-order valence-corrected chi connectivity index (χ3v) is 7.93. The Morgan fingerprint density at radius 3 is 2.21 bits per heavy atom. The average Bonchev–Trinajstić information content (AvgIpc) is 3.29. The quantitative estimate of drug-likeness (QED) is 0.391. The summed E-state index contributed by atoms with van der Waals surface area (Å²) in [5.74, 6) is 0.420. The summed E-state index contributed by atoms with van der Waals surface area (Å²) in [6, 6.07) is 17.3. The topological polar surface area (TPSA) is 70.8 Å². The van der Waals surface area contributed by atoms with Crippen LogP contribution < -0.4 is 0 Å². The van der Waals surface area contributed by atoms with Crippen LogP contribution >= 0.6 is 0 Å². The smallest absolute Gasteiger partial charge is 0.244 e. The fourth-order valence-electron chi connectivity index (χ4n) is 4.28. The Labute approximate surface area is 203 Å². The molecule has 0 fully saturated rings. The minimum absolute atomic E-state index is 0.210. The van der Waals surface area contributed by atoms with Crippen LogP contribution in [-0.4, -0.2) is 43.2 Å². The molecular formula is C27H34N2O4S. The number of carbonyl (C=O) groups is 1. The third kappa shape index (κ3) is 6.36. The third-order valence-electron chi connectivity index (χ3n) is 5.78. The highest BCUT2D eigenvalue weighted by Gasteiger charge is 2.30.